The summed E-state index contributed by atoms with van der Waals surface area (Å²) in [5, 5.41) is 3.49. The molecule has 3 N–H and O–H groups in total. The molecule has 0 aliphatic rings. The van der Waals surface area contributed by atoms with Crippen molar-refractivity contribution in [3.05, 3.63) is 35.9 Å². The first-order chi connectivity index (χ1) is 8.63. The standard InChI is InChI=1S/C14H22N2OS/c1-11(18-2)8-9-16-14(17)10-13(15)12-6-4-3-5-7-12/h3-7,11,13H,8-10,15H2,1-2H3,(H,16,17). The smallest absolute Gasteiger partial charge is 0.221 e. The van der Waals surface area contributed by atoms with Gasteiger partial charge >= 0.3 is 0 Å². The molecule has 3 nitrogen and oxygen atoms in total. The van der Waals surface area contributed by atoms with Gasteiger partial charge in [-0.3, -0.25) is 4.79 Å². The number of carbonyl (C=O) groups excluding carboxylic acids is 1. The first-order valence-electron chi connectivity index (χ1n) is 6.23. The van der Waals surface area contributed by atoms with Crippen LogP contribution < -0.4 is 11.1 Å². The number of nitrogens with two attached hydrogens (primary N) is 1. The first kappa shape index (κ1) is 15.1. The number of benzene rings is 1. The van der Waals surface area contributed by atoms with Crippen LogP contribution in [0.3, 0.4) is 0 Å². The highest BCUT2D eigenvalue weighted by Gasteiger charge is 2.11. The van der Waals surface area contributed by atoms with Crippen molar-refractivity contribution in [2.45, 2.75) is 31.1 Å². The van der Waals surface area contributed by atoms with E-state index in [-0.39, 0.29) is 11.9 Å². The van der Waals surface area contributed by atoms with Crippen LogP contribution in [-0.2, 0) is 4.79 Å². The average molecular weight is 266 g/mol. The largest absolute Gasteiger partial charge is 0.356 e. The lowest BCUT2D eigenvalue weighted by atomic mass is 10.0. The minimum absolute atomic E-state index is 0.0275. The lowest BCUT2D eigenvalue weighted by Gasteiger charge is -2.13. The van der Waals surface area contributed by atoms with E-state index in [1.54, 1.807) is 0 Å². The van der Waals surface area contributed by atoms with Crippen LogP contribution in [0.15, 0.2) is 30.3 Å². The summed E-state index contributed by atoms with van der Waals surface area (Å²) in [7, 11) is 0. The molecule has 0 saturated heterocycles. The van der Waals surface area contributed by atoms with E-state index in [0.717, 1.165) is 18.5 Å². The van der Waals surface area contributed by atoms with E-state index in [9.17, 15) is 4.79 Å². The number of nitrogens with one attached hydrogen (secondary N) is 1. The summed E-state index contributed by atoms with van der Waals surface area (Å²) in [5.41, 5.74) is 6.99. The van der Waals surface area contributed by atoms with Crippen LogP contribution in [0, 0.1) is 0 Å². The van der Waals surface area contributed by atoms with E-state index >= 15 is 0 Å². The molecule has 0 bridgehead atoms. The number of rotatable bonds is 7. The van der Waals surface area contributed by atoms with Crippen molar-refractivity contribution in [3.63, 3.8) is 0 Å². The van der Waals surface area contributed by atoms with Crippen molar-refractivity contribution in [2.24, 2.45) is 5.73 Å². The fourth-order valence-corrected chi connectivity index (χ4v) is 1.98. The molecule has 2 atom stereocenters. The molecule has 0 spiro atoms. The molecule has 0 aromatic heterocycles. The predicted octanol–water partition coefficient (Wildman–Crippen LogP) is 2.33. The Balaban J connectivity index is 2.28. The highest BCUT2D eigenvalue weighted by molar-refractivity contribution is 7.99. The highest BCUT2D eigenvalue weighted by atomic mass is 32.2. The van der Waals surface area contributed by atoms with E-state index in [0.29, 0.717) is 11.7 Å². The Morgan fingerprint density at radius 2 is 2.06 bits per heavy atom. The molecule has 18 heavy (non-hydrogen) atoms. The zero-order valence-corrected chi connectivity index (χ0v) is 11.9. The number of amides is 1. The lowest BCUT2D eigenvalue weighted by Crippen LogP contribution is -2.29. The zero-order chi connectivity index (χ0) is 13.4. The molecule has 0 saturated carbocycles. The zero-order valence-electron chi connectivity index (χ0n) is 11.1. The summed E-state index contributed by atoms with van der Waals surface area (Å²) < 4.78 is 0. The number of carbonyl (C=O) groups is 1. The van der Waals surface area contributed by atoms with E-state index < -0.39 is 0 Å². The van der Waals surface area contributed by atoms with Gasteiger partial charge in [0, 0.05) is 24.3 Å². The van der Waals surface area contributed by atoms with E-state index in [2.05, 4.69) is 18.5 Å². The molecule has 1 aromatic rings. The first-order valence-corrected chi connectivity index (χ1v) is 7.52. The van der Waals surface area contributed by atoms with Crippen molar-refractivity contribution in [3.8, 4) is 0 Å². The van der Waals surface area contributed by atoms with Crippen LogP contribution in [0.25, 0.3) is 0 Å². The van der Waals surface area contributed by atoms with Crippen LogP contribution in [0.1, 0.15) is 31.4 Å². The summed E-state index contributed by atoms with van der Waals surface area (Å²) in [6.45, 7) is 2.88. The van der Waals surface area contributed by atoms with Gasteiger partial charge in [-0.05, 0) is 18.2 Å². The van der Waals surface area contributed by atoms with Gasteiger partial charge < -0.3 is 11.1 Å². The summed E-state index contributed by atoms with van der Waals surface area (Å²) in [5.74, 6) is 0.0275. The minimum atomic E-state index is -0.218. The van der Waals surface area contributed by atoms with Crippen molar-refractivity contribution < 1.29 is 4.79 Å². The van der Waals surface area contributed by atoms with Gasteiger partial charge in [0.25, 0.3) is 0 Å². The molecule has 4 heteroatoms. The van der Waals surface area contributed by atoms with Crippen LogP contribution >= 0.6 is 11.8 Å². The molecule has 2 unspecified atom stereocenters. The van der Waals surface area contributed by atoms with E-state index in [1.807, 2.05) is 42.1 Å². The fraction of sp³-hybridized carbons (Fsp3) is 0.500. The SMILES string of the molecule is CSC(C)CCNC(=O)CC(N)c1ccccc1. The van der Waals surface area contributed by atoms with Crippen LogP contribution in [0.2, 0.25) is 0 Å². The molecule has 1 rings (SSSR count). The Morgan fingerprint density at radius 3 is 2.67 bits per heavy atom. The van der Waals surface area contributed by atoms with Crippen LogP contribution in [0.5, 0.6) is 0 Å². The summed E-state index contributed by atoms with van der Waals surface area (Å²) in [6, 6.07) is 9.51. The van der Waals surface area contributed by atoms with Crippen molar-refractivity contribution in [2.75, 3.05) is 12.8 Å². The quantitative estimate of drug-likeness (QED) is 0.796. The average Bonchev–Trinajstić information content (AvgIpc) is 2.39. The maximum absolute atomic E-state index is 11.7. The summed E-state index contributed by atoms with van der Waals surface area (Å²) in [4.78, 5) is 11.7. The molecular weight excluding hydrogens is 244 g/mol. The second-order valence-electron chi connectivity index (χ2n) is 4.41. The van der Waals surface area contributed by atoms with Gasteiger partial charge in [0.15, 0.2) is 0 Å². The Morgan fingerprint density at radius 1 is 1.39 bits per heavy atom. The molecule has 1 amide bonds. The molecule has 0 aliphatic carbocycles. The maximum Gasteiger partial charge on any atom is 0.221 e. The molecule has 1 aromatic carbocycles. The normalized spacial score (nSPS) is 13.9. The Kier molecular flexibility index (Phi) is 6.83. The third-order valence-electron chi connectivity index (χ3n) is 2.91. The molecular formula is C14H22N2OS. The monoisotopic (exact) mass is 266 g/mol. The highest BCUT2D eigenvalue weighted by Crippen LogP contribution is 2.13. The van der Waals surface area contributed by atoms with Crippen LogP contribution in [0.4, 0.5) is 0 Å². The Hall–Kier alpha value is -1.00. The second-order valence-corrected chi connectivity index (χ2v) is 5.68. The third-order valence-corrected chi connectivity index (χ3v) is 3.95. The summed E-state index contributed by atoms with van der Waals surface area (Å²) >= 11 is 1.81. The van der Waals surface area contributed by atoms with Gasteiger partial charge in [0.1, 0.15) is 0 Å². The molecule has 100 valence electrons. The molecule has 0 fully saturated rings. The second kappa shape index (κ2) is 8.16. The van der Waals surface area contributed by atoms with Gasteiger partial charge in [-0.25, -0.2) is 0 Å². The van der Waals surface area contributed by atoms with Gasteiger partial charge in [-0.15, -0.1) is 0 Å². The molecule has 0 heterocycles. The minimum Gasteiger partial charge on any atom is -0.356 e. The van der Waals surface area contributed by atoms with Crippen molar-refractivity contribution >= 4 is 17.7 Å². The van der Waals surface area contributed by atoms with Crippen LogP contribution in [-0.4, -0.2) is 24.0 Å². The topological polar surface area (TPSA) is 55.1 Å². The van der Waals surface area contributed by atoms with Crippen molar-refractivity contribution in [1.82, 2.24) is 5.32 Å². The van der Waals surface area contributed by atoms with E-state index in [1.165, 1.54) is 0 Å². The lowest BCUT2D eigenvalue weighted by molar-refractivity contribution is -0.121. The number of hydrogen-bond acceptors (Lipinski definition) is 3. The van der Waals surface area contributed by atoms with Gasteiger partial charge in [-0.1, -0.05) is 37.3 Å². The third kappa shape index (κ3) is 5.56. The molecule has 0 radical (unpaired) electrons. The number of hydrogen-bond donors (Lipinski definition) is 2. The van der Waals surface area contributed by atoms with Gasteiger partial charge in [0.2, 0.25) is 5.91 Å². The predicted molar refractivity (Wildman–Crippen MR) is 78.6 cm³/mol. The summed E-state index contributed by atoms with van der Waals surface area (Å²) in [6.07, 6.45) is 3.42. The Labute approximate surface area is 114 Å². The Bertz CT molecular complexity index is 356. The van der Waals surface area contributed by atoms with E-state index in [4.69, 9.17) is 5.73 Å². The maximum atomic E-state index is 11.7. The number of thioether (sulfide) groups is 1. The molecule has 0 aliphatic heterocycles. The van der Waals surface area contributed by atoms with Gasteiger partial charge in [0.05, 0.1) is 0 Å². The van der Waals surface area contributed by atoms with Crippen molar-refractivity contribution in [1.29, 1.82) is 0 Å². The fourth-order valence-electron chi connectivity index (χ4n) is 1.62. The van der Waals surface area contributed by atoms with Gasteiger partial charge in [-0.2, -0.15) is 11.8 Å².